The van der Waals surface area contributed by atoms with Crippen LogP contribution < -0.4 is 4.74 Å². The zero-order chi connectivity index (χ0) is 27.5. The Kier molecular flexibility index (Phi) is 6.82. The Labute approximate surface area is 267 Å². The summed E-state index contributed by atoms with van der Waals surface area (Å²) in [5.41, 5.74) is 6.50. The van der Waals surface area contributed by atoms with E-state index in [9.17, 15) is 9.59 Å². The molecule has 4 aliphatic rings. The molecule has 8 rings (SSSR count). The number of hydrazone groups is 1. The summed E-state index contributed by atoms with van der Waals surface area (Å²) in [6, 6.07) is 28.4. The second-order valence-electron chi connectivity index (χ2n) is 10.2. The molecule has 2 atom stereocenters. The molecule has 8 heteroatoms. The molecule has 0 spiro atoms. The molecule has 40 heavy (non-hydrogen) atoms. The van der Waals surface area contributed by atoms with Crippen molar-refractivity contribution in [3.63, 3.8) is 0 Å². The van der Waals surface area contributed by atoms with Crippen molar-refractivity contribution < 1.29 is 14.3 Å². The van der Waals surface area contributed by atoms with Gasteiger partial charge in [0.2, 0.25) is 0 Å². The van der Waals surface area contributed by atoms with Crippen molar-refractivity contribution in [3.05, 3.63) is 130 Å². The molecule has 4 aromatic rings. The summed E-state index contributed by atoms with van der Waals surface area (Å²) in [6.45, 7) is 0.458. The predicted octanol–water partition coefficient (Wildman–Crippen LogP) is 7.46. The van der Waals surface area contributed by atoms with Crippen LogP contribution in [0.25, 0.3) is 0 Å². The summed E-state index contributed by atoms with van der Waals surface area (Å²) in [6.07, 6.45) is 1.61. The number of amides is 2. The van der Waals surface area contributed by atoms with Gasteiger partial charge in [-0.2, -0.15) is 10.1 Å². The van der Waals surface area contributed by atoms with Crippen molar-refractivity contribution in [1.29, 1.82) is 0 Å². The van der Waals surface area contributed by atoms with Crippen LogP contribution in [0.2, 0.25) is 0 Å². The van der Waals surface area contributed by atoms with Crippen LogP contribution in [0.15, 0.2) is 94.5 Å². The van der Waals surface area contributed by atoms with Crippen molar-refractivity contribution in [3.8, 4) is 5.75 Å². The van der Waals surface area contributed by atoms with Gasteiger partial charge in [-0.3, -0.25) is 9.59 Å². The molecule has 1 saturated heterocycles. The van der Waals surface area contributed by atoms with Gasteiger partial charge in [0.15, 0.2) is 0 Å². The van der Waals surface area contributed by atoms with Crippen molar-refractivity contribution in [2.75, 3.05) is 0 Å². The lowest BCUT2D eigenvalue weighted by atomic mass is 9.55. The van der Waals surface area contributed by atoms with Crippen LogP contribution in [-0.4, -0.2) is 23.0 Å². The standard InChI is InChI=1S/C32H21BrI2N2O3/c33-19-11-9-17(10-12-19)16-40-30-24(34)13-18(14-25(30)35)15-36-37-31(38)28-26-20-5-1-2-6-21(20)27(29(28)32(37)39)23-8-4-3-7-22(23)26/h1-15,26-29H,16H2/b36-15-/t26?,27?,28-,29-/m0/s1. The third kappa shape index (κ3) is 4.25. The van der Waals surface area contributed by atoms with Crippen LogP contribution in [0.1, 0.15) is 45.2 Å². The minimum atomic E-state index is -0.436. The molecular formula is C32H21BrI2N2O3. The number of rotatable bonds is 5. The molecule has 2 bridgehead atoms. The second kappa shape index (κ2) is 10.4. The van der Waals surface area contributed by atoms with Gasteiger partial charge in [-0.1, -0.05) is 76.6 Å². The van der Waals surface area contributed by atoms with Crippen LogP contribution in [0, 0.1) is 19.0 Å². The molecule has 0 saturated carbocycles. The lowest BCUT2D eigenvalue weighted by Crippen LogP contribution is -2.41. The van der Waals surface area contributed by atoms with Gasteiger partial charge in [-0.25, -0.2) is 0 Å². The highest BCUT2D eigenvalue weighted by Crippen LogP contribution is 2.60. The summed E-state index contributed by atoms with van der Waals surface area (Å²) in [5.74, 6) is -0.782. The van der Waals surface area contributed by atoms with E-state index in [2.05, 4.69) is 90.5 Å². The Morgan fingerprint density at radius 2 is 1.25 bits per heavy atom. The summed E-state index contributed by atoms with van der Waals surface area (Å²) in [7, 11) is 0. The van der Waals surface area contributed by atoms with E-state index >= 15 is 0 Å². The number of halogens is 3. The monoisotopic (exact) mass is 814 g/mol. The van der Waals surface area contributed by atoms with Crippen LogP contribution >= 0.6 is 61.1 Å². The zero-order valence-electron chi connectivity index (χ0n) is 20.9. The number of nitrogens with zero attached hydrogens (tertiary/aromatic N) is 2. The molecule has 1 aliphatic heterocycles. The average molecular weight is 815 g/mol. The van der Waals surface area contributed by atoms with Crippen LogP contribution in [-0.2, 0) is 16.2 Å². The van der Waals surface area contributed by atoms with Gasteiger partial charge in [0.25, 0.3) is 11.8 Å². The third-order valence-corrected chi connectivity index (χ3v) is 10.2. The second-order valence-corrected chi connectivity index (χ2v) is 13.5. The molecular weight excluding hydrogens is 794 g/mol. The van der Waals surface area contributed by atoms with Gasteiger partial charge in [-0.05, 0) is 103 Å². The Hall–Kier alpha value is -2.57. The minimum Gasteiger partial charge on any atom is -0.487 e. The Balaban J connectivity index is 1.16. The number of hydrogen-bond donors (Lipinski definition) is 0. The van der Waals surface area contributed by atoms with Gasteiger partial charge >= 0.3 is 0 Å². The van der Waals surface area contributed by atoms with E-state index in [0.29, 0.717) is 6.61 Å². The fourth-order valence-corrected chi connectivity index (χ4v) is 8.82. The van der Waals surface area contributed by atoms with E-state index in [1.54, 1.807) is 6.21 Å². The van der Waals surface area contributed by atoms with E-state index in [-0.39, 0.29) is 23.7 Å². The van der Waals surface area contributed by atoms with Crippen LogP contribution in [0.3, 0.4) is 0 Å². The number of carbonyl (C=O) groups excluding carboxylic acids is 2. The van der Waals surface area contributed by atoms with Crippen molar-refractivity contribution >= 4 is 79.1 Å². The van der Waals surface area contributed by atoms with Crippen molar-refractivity contribution in [2.24, 2.45) is 16.9 Å². The summed E-state index contributed by atoms with van der Waals surface area (Å²) < 4.78 is 9.01. The number of benzene rings is 4. The van der Waals surface area contributed by atoms with Crippen molar-refractivity contribution in [1.82, 2.24) is 5.01 Å². The highest BCUT2D eigenvalue weighted by Gasteiger charge is 2.61. The van der Waals surface area contributed by atoms with E-state index in [1.807, 2.05) is 60.7 Å². The maximum atomic E-state index is 13.8. The van der Waals surface area contributed by atoms with Gasteiger partial charge < -0.3 is 4.74 Å². The number of carbonyl (C=O) groups is 2. The van der Waals surface area contributed by atoms with Crippen molar-refractivity contribution in [2.45, 2.75) is 18.4 Å². The van der Waals surface area contributed by atoms with Gasteiger partial charge in [0.05, 0.1) is 25.2 Å². The lowest BCUT2D eigenvalue weighted by molar-refractivity contribution is -0.139. The quantitative estimate of drug-likeness (QED) is 0.120. The summed E-state index contributed by atoms with van der Waals surface area (Å²) in [5, 5.41) is 5.59. The number of imide groups is 1. The van der Waals surface area contributed by atoms with E-state index in [4.69, 9.17) is 4.74 Å². The molecule has 0 N–H and O–H groups in total. The van der Waals surface area contributed by atoms with Crippen LogP contribution in [0.5, 0.6) is 5.75 Å². The van der Waals surface area contributed by atoms with Gasteiger partial charge in [0, 0.05) is 16.3 Å². The maximum absolute atomic E-state index is 13.8. The first-order chi connectivity index (χ1) is 19.4. The Bertz CT molecular complexity index is 1580. The first kappa shape index (κ1) is 26.3. The molecule has 0 radical (unpaired) electrons. The highest BCUT2D eigenvalue weighted by molar-refractivity contribution is 14.1. The van der Waals surface area contributed by atoms with E-state index < -0.39 is 11.8 Å². The summed E-state index contributed by atoms with van der Waals surface area (Å²) in [4.78, 5) is 27.6. The van der Waals surface area contributed by atoms with E-state index in [1.165, 1.54) is 0 Å². The molecule has 0 unspecified atom stereocenters. The molecule has 0 aromatic heterocycles. The average Bonchev–Trinajstić information content (AvgIpc) is 3.22. The number of ether oxygens (including phenoxy) is 1. The third-order valence-electron chi connectivity index (χ3n) is 8.06. The molecule has 4 aromatic carbocycles. The topological polar surface area (TPSA) is 59.0 Å². The first-order valence-electron chi connectivity index (χ1n) is 12.9. The smallest absolute Gasteiger partial charge is 0.254 e. The zero-order valence-corrected chi connectivity index (χ0v) is 26.8. The molecule has 5 nitrogen and oxygen atoms in total. The summed E-state index contributed by atoms with van der Waals surface area (Å²) >= 11 is 7.96. The van der Waals surface area contributed by atoms with Gasteiger partial charge in [0.1, 0.15) is 12.4 Å². The molecule has 1 fully saturated rings. The fourth-order valence-electron chi connectivity index (χ4n) is 6.43. The first-order valence-corrected chi connectivity index (χ1v) is 15.8. The maximum Gasteiger partial charge on any atom is 0.254 e. The predicted molar refractivity (Wildman–Crippen MR) is 173 cm³/mol. The SMILES string of the molecule is O=C1[C@H]2C3c4ccccc4C(c4ccccc43)[C@@H]2C(=O)N1/N=C\c1cc(I)c(OCc2ccc(Br)cc2)c(I)c1. The molecule has 2 amide bonds. The largest absolute Gasteiger partial charge is 0.487 e. The van der Waals surface area contributed by atoms with E-state index in [0.717, 1.165) is 55.8 Å². The minimum absolute atomic E-state index is 0.136. The Morgan fingerprint density at radius 1 is 0.775 bits per heavy atom. The van der Waals surface area contributed by atoms with Crippen LogP contribution in [0.4, 0.5) is 0 Å². The van der Waals surface area contributed by atoms with Gasteiger partial charge in [-0.15, -0.1) is 0 Å². The number of hydrogen-bond acceptors (Lipinski definition) is 4. The molecule has 3 aliphatic carbocycles. The fraction of sp³-hybridized carbons (Fsp3) is 0.156. The molecule has 198 valence electrons. The normalized spacial score (nSPS) is 22.4. The highest BCUT2D eigenvalue weighted by atomic mass is 127. The molecule has 1 heterocycles. The lowest BCUT2D eigenvalue weighted by Gasteiger charge is -2.45. The Morgan fingerprint density at radius 3 is 1.73 bits per heavy atom.